The van der Waals surface area contributed by atoms with E-state index in [1.54, 1.807) is 36.4 Å². The number of Topliss-reactive ketones (excluding diaryl/α,β-unsaturated/α-hetero) is 1. The first-order valence-corrected chi connectivity index (χ1v) is 12.3. The van der Waals surface area contributed by atoms with Gasteiger partial charge in [0.2, 0.25) is 0 Å². The molecular weight excluding hydrogens is 468 g/mol. The molecule has 0 aromatic heterocycles. The summed E-state index contributed by atoms with van der Waals surface area (Å²) in [4.78, 5) is 30.7. The molecule has 7 nitrogen and oxygen atoms in total. The second-order valence-corrected chi connectivity index (χ2v) is 8.81. The fraction of sp³-hybridized carbons (Fsp3) is 0.267. The lowest BCUT2D eigenvalue weighted by Gasteiger charge is -2.27. The molecule has 0 aliphatic carbocycles. The summed E-state index contributed by atoms with van der Waals surface area (Å²) in [6.45, 7) is 7.75. The van der Waals surface area contributed by atoms with Gasteiger partial charge >= 0.3 is 0 Å². The standard InChI is InChI=1S/C30H32N2O5/c1-6-31(7-2)21-15-13-20(14-16-21)27-26(28(33)22-18-19(3)12-17-24(22)36-4)29(34)30(35)32(27)23-10-8-9-11-25(23)37-5/h8-18,27,33H,6-7H2,1-5H3/b28-26+. The molecule has 1 heterocycles. The molecule has 1 unspecified atom stereocenters. The van der Waals surface area contributed by atoms with Gasteiger partial charge in [-0.2, -0.15) is 0 Å². The molecule has 37 heavy (non-hydrogen) atoms. The molecule has 0 radical (unpaired) electrons. The number of amides is 1. The van der Waals surface area contributed by atoms with Crippen molar-refractivity contribution in [3.05, 3.63) is 89.0 Å². The Morgan fingerprint density at radius 2 is 1.57 bits per heavy atom. The van der Waals surface area contributed by atoms with Crippen LogP contribution in [0.25, 0.3) is 5.76 Å². The minimum Gasteiger partial charge on any atom is -0.507 e. The third-order valence-electron chi connectivity index (χ3n) is 6.74. The van der Waals surface area contributed by atoms with Crippen molar-refractivity contribution in [1.29, 1.82) is 0 Å². The first kappa shape index (κ1) is 25.8. The highest BCUT2D eigenvalue weighted by atomic mass is 16.5. The fourth-order valence-corrected chi connectivity index (χ4v) is 4.83. The maximum atomic E-state index is 13.5. The van der Waals surface area contributed by atoms with Crippen LogP contribution in [-0.2, 0) is 9.59 Å². The van der Waals surface area contributed by atoms with Gasteiger partial charge in [0.15, 0.2) is 0 Å². The van der Waals surface area contributed by atoms with E-state index in [1.807, 2.05) is 37.3 Å². The average Bonchev–Trinajstić information content (AvgIpc) is 3.19. The van der Waals surface area contributed by atoms with Gasteiger partial charge < -0.3 is 19.5 Å². The smallest absolute Gasteiger partial charge is 0.300 e. The van der Waals surface area contributed by atoms with Crippen LogP contribution >= 0.6 is 0 Å². The Kier molecular flexibility index (Phi) is 7.53. The number of anilines is 2. The normalized spacial score (nSPS) is 16.7. The van der Waals surface area contributed by atoms with E-state index in [-0.39, 0.29) is 11.3 Å². The molecule has 3 aromatic carbocycles. The van der Waals surface area contributed by atoms with Crippen molar-refractivity contribution >= 4 is 28.8 Å². The third kappa shape index (κ3) is 4.65. The molecule has 4 rings (SSSR count). The van der Waals surface area contributed by atoms with Crippen LogP contribution in [0.1, 0.15) is 36.6 Å². The highest BCUT2D eigenvalue weighted by Gasteiger charge is 2.48. The number of carbonyl (C=O) groups excluding carboxylic acids is 2. The topological polar surface area (TPSA) is 79.3 Å². The molecule has 1 saturated heterocycles. The van der Waals surface area contributed by atoms with Gasteiger partial charge in [0.05, 0.1) is 37.1 Å². The largest absolute Gasteiger partial charge is 0.507 e. The Balaban J connectivity index is 1.97. The van der Waals surface area contributed by atoms with Crippen LogP contribution in [0.3, 0.4) is 0 Å². The van der Waals surface area contributed by atoms with E-state index in [1.165, 1.54) is 19.1 Å². The summed E-state index contributed by atoms with van der Waals surface area (Å²) >= 11 is 0. The summed E-state index contributed by atoms with van der Waals surface area (Å²) in [6.07, 6.45) is 0. The fourth-order valence-electron chi connectivity index (χ4n) is 4.83. The van der Waals surface area contributed by atoms with Crippen molar-refractivity contribution in [1.82, 2.24) is 0 Å². The SMILES string of the molecule is CCN(CC)c1ccc(C2/C(=C(\O)c3cc(C)ccc3OC)C(=O)C(=O)N2c2ccccc2OC)cc1. The lowest BCUT2D eigenvalue weighted by Crippen LogP contribution is -2.30. The third-order valence-corrected chi connectivity index (χ3v) is 6.74. The van der Waals surface area contributed by atoms with Crippen LogP contribution in [0.4, 0.5) is 11.4 Å². The van der Waals surface area contributed by atoms with Crippen LogP contribution in [0.2, 0.25) is 0 Å². The Bertz CT molecular complexity index is 1340. The summed E-state index contributed by atoms with van der Waals surface area (Å²) in [5.74, 6) is -0.945. The molecule has 192 valence electrons. The van der Waals surface area contributed by atoms with Crippen molar-refractivity contribution in [2.75, 3.05) is 37.1 Å². The van der Waals surface area contributed by atoms with Gasteiger partial charge in [-0.1, -0.05) is 35.9 Å². The number of para-hydroxylation sites is 2. The van der Waals surface area contributed by atoms with E-state index >= 15 is 0 Å². The van der Waals surface area contributed by atoms with Crippen LogP contribution < -0.4 is 19.3 Å². The van der Waals surface area contributed by atoms with E-state index in [2.05, 4.69) is 18.7 Å². The first-order chi connectivity index (χ1) is 17.9. The van der Waals surface area contributed by atoms with Gasteiger partial charge in [0.25, 0.3) is 11.7 Å². The molecule has 1 atom stereocenters. The Hall–Kier alpha value is -4.26. The predicted molar refractivity (Wildman–Crippen MR) is 146 cm³/mol. The molecule has 3 aromatic rings. The number of hydrogen-bond donors (Lipinski definition) is 1. The van der Waals surface area contributed by atoms with Crippen LogP contribution in [0, 0.1) is 6.92 Å². The zero-order valence-electron chi connectivity index (χ0n) is 21.8. The van der Waals surface area contributed by atoms with Gasteiger partial charge in [-0.15, -0.1) is 0 Å². The van der Waals surface area contributed by atoms with E-state index in [0.717, 1.165) is 24.3 Å². The van der Waals surface area contributed by atoms with E-state index in [0.29, 0.717) is 28.3 Å². The Morgan fingerprint density at radius 3 is 2.19 bits per heavy atom. The molecule has 0 bridgehead atoms. The molecule has 0 spiro atoms. The number of carbonyl (C=O) groups is 2. The maximum absolute atomic E-state index is 13.5. The second kappa shape index (κ2) is 10.8. The highest BCUT2D eigenvalue weighted by Crippen LogP contribution is 2.46. The summed E-state index contributed by atoms with van der Waals surface area (Å²) in [5.41, 5.74) is 3.39. The number of hydrogen-bond acceptors (Lipinski definition) is 6. The molecule has 1 fully saturated rings. The number of aliphatic hydroxyl groups is 1. The second-order valence-electron chi connectivity index (χ2n) is 8.81. The molecular formula is C30H32N2O5. The summed E-state index contributed by atoms with van der Waals surface area (Å²) in [5, 5.41) is 11.5. The number of benzene rings is 3. The van der Waals surface area contributed by atoms with Crippen molar-refractivity contribution in [2.24, 2.45) is 0 Å². The minimum atomic E-state index is -0.868. The Morgan fingerprint density at radius 1 is 0.919 bits per heavy atom. The van der Waals surface area contributed by atoms with Crippen LogP contribution in [-0.4, -0.2) is 44.1 Å². The predicted octanol–water partition coefficient (Wildman–Crippen LogP) is 5.48. The van der Waals surface area contributed by atoms with Gasteiger partial charge in [-0.05, 0) is 62.7 Å². The summed E-state index contributed by atoms with van der Waals surface area (Å²) in [6, 6.07) is 19.2. The minimum absolute atomic E-state index is 0.00426. The number of aryl methyl sites for hydroxylation is 1. The van der Waals surface area contributed by atoms with Crippen LogP contribution in [0.5, 0.6) is 11.5 Å². The molecule has 1 N–H and O–H groups in total. The zero-order chi connectivity index (χ0) is 26.7. The van der Waals surface area contributed by atoms with E-state index in [4.69, 9.17) is 9.47 Å². The average molecular weight is 501 g/mol. The van der Waals surface area contributed by atoms with Crippen molar-refractivity contribution in [2.45, 2.75) is 26.8 Å². The van der Waals surface area contributed by atoms with Crippen molar-refractivity contribution in [3.63, 3.8) is 0 Å². The summed E-state index contributed by atoms with van der Waals surface area (Å²) < 4.78 is 11.0. The zero-order valence-corrected chi connectivity index (χ0v) is 21.8. The molecule has 1 amide bonds. The van der Waals surface area contributed by atoms with Crippen LogP contribution in [0.15, 0.2) is 72.3 Å². The number of methoxy groups -OCH3 is 2. The van der Waals surface area contributed by atoms with E-state index < -0.39 is 17.7 Å². The van der Waals surface area contributed by atoms with Gasteiger partial charge in [-0.25, -0.2) is 0 Å². The number of aliphatic hydroxyl groups excluding tert-OH is 1. The van der Waals surface area contributed by atoms with Crippen molar-refractivity contribution < 1.29 is 24.2 Å². The first-order valence-electron chi connectivity index (χ1n) is 12.3. The number of ketones is 1. The number of rotatable bonds is 8. The number of nitrogens with zero attached hydrogens (tertiary/aromatic N) is 2. The number of ether oxygens (including phenoxy) is 2. The lowest BCUT2D eigenvalue weighted by atomic mass is 9.94. The van der Waals surface area contributed by atoms with E-state index in [9.17, 15) is 14.7 Å². The summed E-state index contributed by atoms with van der Waals surface area (Å²) in [7, 11) is 3.01. The molecule has 0 saturated carbocycles. The monoisotopic (exact) mass is 500 g/mol. The maximum Gasteiger partial charge on any atom is 0.300 e. The highest BCUT2D eigenvalue weighted by molar-refractivity contribution is 6.52. The van der Waals surface area contributed by atoms with Gasteiger partial charge in [-0.3, -0.25) is 14.5 Å². The molecule has 7 heteroatoms. The molecule has 1 aliphatic heterocycles. The quantitative estimate of drug-likeness (QED) is 0.251. The lowest BCUT2D eigenvalue weighted by molar-refractivity contribution is -0.132. The van der Waals surface area contributed by atoms with Crippen molar-refractivity contribution in [3.8, 4) is 11.5 Å². The van der Waals surface area contributed by atoms with Gasteiger partial charge in [0.1, 0.15) is 17.3 Å². The Labute approximate surface area is 217 Å². The molecule has 1 aliphatic rings. The van der Waals surface area contributed by atoms with Gasteiger partial charge in [0, 0.05) is 18.8 Å².